The predicted molar refractivity (Wildman–Crippen MR) is 153 cm³/mol. The molecule has 4 N–H and O–H groups in total. The molecule has 4 rings (SSSR count). The van der Waals surface area contributed by atoms with Crippen LogP contribution < -0.4 is 15.4 Å². The van der Waals surface area contributed by atoms with Gasteiger partial charge in [0.1, 0.15) is 5.75 Å². The van der Waals surface area contributed by atoms with Gasteiger partial charge in [-0.3, -0.25) is 4.79 Å². The maximum absolute atomic E-state index is 13.8. The van der Waals surface area contributed by atoms with Gasteiger partial charge in [-0.1, -0.05) is 26.8 Å². The van der Waals surface area contributed by atoms with Gasteiger partial charge in [-0.05, 0) is 97.4 Å². The largest absolute Gasteiger partial charge is 0.573 e. The fraction of sp³-hybridized carbons (Fsp3) is 0.516. The van der Waals surface area contributed by atoms with Gasteiger partial charge in [0.2, 0.25) is 0 Å². The highest BCUT2D eigenvalue weighted by Crippen LogP contribution is 2.44. The molecule has 2 aromatic carbocycles. The second-order valence-electron chi connectivity index (χ2n) is 12.3. The molecule has 2 aliphatic carbocycles. The second-order valence-corrected chi connectivity index (χ2v) is 12.3. The van der Waals surface area contributed by atoms with Crippen molar-refractivity contribution in [2.75, 3.05) is 11.9 Å². The standard InChI is InChI=1S/C31H38F3N3O6/c1-30(2,3)20-6-10-22(11-7-20)37(29(42)36-21-8-12-23(13-9-21)43-31(32,33)34)25-15-5-18-16-19(4-14-24(18)25)27(39)35-17-26(38)28(40)41/h4,8-9,12-14,16,20,22,25-26,38H,5-7,10-11,15,17H2,1-3H3,(H,35,39)(H,36,42)(H,40,41). The molecule has 234 valence electrons. The van der Waals surface area contributed by atoms with Crippen LogP contribution in [0.1, 0.15) is 80.4 Å². The Labute approximate surface area is 248 Å². The fourth-order valence-electron chi connectivity index (χ4n) is 6.11. The summed E-state index contributed by atoms with van der Waals surface area (Å²) >= 11 is 0. The molecule has 0 radical (unpaired) electrons. The third kappa shape index (κ3) is 8.19. The van der Waals surface area contributed by atoms with E-state index in [1.54, 1.807) is 18.2 Å². The summed E-state index contributed by atoms with van der Waals surface area (Å²) in [6.45, 7) is 6.23. The molecule has 0 saturated heterocycles. The first-order chi connectivity index (χ1) is 20.1. The van der Waals surface area contributed by atoms with E-state index in [2.05, 4.69) is 36.1 Å². The summed E-state index contributed by atoms with van der Waals surface area (Å²) in [6, 6.07) is 9.49. The van der Waals surface area contributed by atoms with Gasteiger partial charge in [-0.15, -0.1) is 13.2 Å². The van der Waals surface area contributed by atoms with Crippen molar-refractivity contribution in [2.24, 2.45) is 11.3 Å². The highest BCUT2D eigenvalue weighted by molar-refractivity contribution is 5.95. The Kier molecular flexibility index (Phi) is 9.58. The number of carbonyl (C=O) groups is 3. The van der Waals surface area contributed by atoms with Gasteiger partial charge in [0.15, 0.2) is 6.10 Å². The molecule has 0 aromatic heterocycles. The molecule has 43 heavy (non-hydrogen) atoms. The minimum Gasteiger partial charge on any atom is -0.479 e. The number of nitrogens with one attached hydrogen (secondary N) is 2. The molecule has 3 amide bonds. The maximum Gasteiger partial charge on any atom is 0.573 e. The summed E-state index contributed by atoms with van der Waals surface area (Å²) < 4.78 is 41.7. The van der Waals surface area contributed by atoms with E-state index in [1.165, 1.54) is 12.1 Å². The molecule has 1 fully saturated rings. The minimum atomic E-state index is -4.82. The average Bonchev–Trinajstić information content (AvgIpc) is 3.34. The molecule has 0 aliphatic heterocycles. The van der Waals surface area contributed by atoms with Crippen LogP contribution in [0, 0.1) is 11.3 Å². The monoisotopic (exact) mass is 605 g/mol. The lowest BCUT2D eigenvalue weighted by atomic mass is 9.71. The molecule has 2 aliphatic rings. The fourth-order valence-corrected chi connectivity index (χ4v) is 6.11. The topological polar surface area (TPSA) is 128 Å². The summed E-state index contributed by atoms with van der Waals surface area (Å²) in [5.74, 6) is -1.81. The highest BCUT2D eigenvalue weighted by Gasteiger charge is 2.39. The molecule has 9 nitrogen and oxygen atoms in total. The number of amides is 3. The third-order valence-corrected chi connectivity index (χ3v) is 8.42. The van der Waals surface area contributed by atoms with Crippen LogP contribution in [0.25, 0.3) is 0 Å². The number of rotatable bonds is 8. The second kappa shape index (κ2) is 12.8. The third-order valence-electron chi connectivity index (χ3n) is 8.42. The van der Waals surface area contributed by atoms with E-state index in [0.717, 1.165) is 48.9 Å². The van der Waals surface area contributed by atoms with Gasteiger partial charge >= 0.3 is 18.4 Å². The summed E-state index contributed by atoms with van der Waals surface area (Å²) in [5, 5.41) is 23.6. The number of hydrogen-bond donors (Lipinski definition) is 4. The van der Waals surface area contributed by atoms with Crippen LogP contribution in [0.2, 0.25) is 0 Å². The Bertz CT molecular complexity index is 1320. The number of aryl methyl sites for hydroxylation is 1. The Morgan fingerprint density at radius 3 is 2.23 bits per heavy atom. The van der Waals surface area contributed by atoms with Gasteiger partial charge in [0, 0.05) is 17.3 Å². The van der Waals surface area contributed by atoms with Crippen molar-refractivity contribution in [3.8, 4) is 5.75 Å². The molecule has 2 aromatic rings. The number of urea groups is 1. The van der Waals surface area contributed by atoms with Crippen molar-refractivity contribution in [3.05, 3.63) is 59.2 Å². The van der Waals surface area contributed by atoms with E-state index in [9.17, 15) is 32.7 Å². The van der Waals surface area contributed by atoms with Crippen molar-refractivity contribution >= 4 is 23.6 Å². The molecule has 0 spiro atoms. The van der Waals surface area contributed by atoms with Crippen LogP contribution in [0.3, 0.4) is 0 Å². The number of anilines is 1. The highest BCUT2D eigenvalue weighted by atomic mass is 19.4. The van der Waals surface area contributed by atoms with Gasteiger partial charge < -0.3 is 30.5 Å². The van der Waals surface area contributed by atoms with Crippen molar-refractivity contribution in [1.29, 1.82) is 0 Å². The Hall–Kier alpha value is -3.80. The number of fused-ring (bicyclic) bond motifs is 1. The van der Waals surface area contributed by atoms with Crippen LogP contribution >= 0.6 is 0 Å². The van der Waals surface area contributed by atoms with Gasteiger partial charge in [-0.2, -0.15) is 0 Å². The number of carboxylic acids is 1. The number of aliphatic hydroxyl groups is 1. The van der Waals surface area contributed by atoms with Crippen LogP contribution in [0.4, 0.5) is 23.7 Å². The lowest BCUT2D eigenvalue weighted by Crippen LogP contribution is -2.47. The Morgan fingerprint density at radius 1 is 1.00 bits per heavy atom. The number of ether oxygens (including phenoxy) is 1. The number of carboxylic acid groups (broad SMARTS) is 1. The predicted octanol–water partition coefficient (Wildman–Crippen LogP) is 5.89. The molecule has 2 unspecified atom stereocenters. The number of carbonyl (C=O) groups excluding carboxylic acids is 2. The maximum atomic E-state index is 13.8. The first kappa shape index (κ1) is 32.1. The molecule has 1 saturated carbocycles. The molecular formula is C31H38F3N3O6. The Balaban J connectivity index is 1.54. The normalized spacial score (nSPS) is 21.0. The van der Waals surface area contributed by atoms with Crippen LogP contribution in [-0.4, -0.2) is 58.1 Å². The van der Waals surface area contributed by atoms with Crippen LogP contribution in [0.5, 0.6) is 5.75 Å². The summed E-state index contributed by atoms with van der Waals surface area (Å²) in [5.41, 5.74) is 2.60. The summed E-state index contributed by atoms with van der Waals surface area (Å²) in [4.78, 5) is 39.1. The van der Waals surface area contributed by atoms with Gasteiger partial charge in [0.05, 0.1) is 12.6 Å². The molecular weight excluding hydrogens is 567 g/mol. The van der Waals surface area contributed by atoms with Gasteiger partial charge in [-0.25, -0.2) is 9.59 Å². The Morgan fingerprint density at radius 2 is 1.65 bits per heavy atom. The van der Waals surface area contributed by atoms with Crippen LogP contribution in [0.15, 0.2) is 42.5 Å². The number of halogens is 3. The minimum absolute atomic E-state index is 0.0529. The van der Waals surface area contributed by atoms with Crippen molar-refractivity contribution in [1.82, 2.24) is 10.2 Å². The average molecular weight is 606 g/mol. The van der Waals surface area contributed by atoms with Crippen molar-refractivity contribution in [3.63, 3.8) is 0 Å². The number of benzene rings is 2. The SMILES string of the molecule is CC(C)(C)C1CCC(N(C(=O)Nc2ccc(OC(F)(F)F)cc2)C2CCc3cc(C(=O)NCC(O)C(=O)O)ccc32)CC1. The van der Waals surface area contributed by atoms with E-state index < -0.39 is 30.9 Å². The lowest BCUT2D eigenvalue weighted by molar-refractivity contribution is -0.274. The molecule has 12 heteroatoms. The van der Waals surface area contributed by atoms with E-state index in [1.807, 2.05) is 4.90 Å². The number of alkyl halides is 3. The zero-order valence-electron chi connectivity index (χ0n) is 24.4. The van der Waals surface area contributed by atoms with E-state index >= 15 is 0 Å². The van der Waals surface area contributed by atoms with Crippen LogP contribution in [-0.2, 0) is 11.2 Å². The van der Waals surface area contributed by atoms with E-state index in [4.69, 9.17) is 5.11 Å². The van der Waals surface area contributed by atoms with E-state index in [0.29, 0.717) is 30.0 Å². The number of hydrogen-bond acceptors (Lipinski definition) is 5. The lowest BCUT2D eigenvalue weighted by Gasteiger charge is -2.43. The number of aliphatic hydroxyl groups excluding tert-OH is 1. The number of nitrogens with zero attached hydrogens (tertiary/aromatic N) is 1. The quantitative estimate of drug-likeness (QED) is 0.297. The smallest absolute Gasteiger partial charge is 0.479 e. The number of aliphatic carboxylic acids is 1. The van der Waals surface area contributed by atoms with Crippen molar-refractivity contribution < 1.29 is 42.5 Å². The van der Waals surface area contributed by atoms with Gasteiger partial charge in [0.25, 0.3) is 5.91 Å². The zero-order valence-corrected chi connectivity index (χ0v) is 24.4. The summed E-state index contributed by atoms with van der Waals surface area (Å²) in [6.07, 6.45) is -1.74. The summed E-state index contributed by atoms with van der Waals surface area (Å²) in [7, 11) is 0. The van der Waals surface area contributed by atoms with E-state index in [-0.39, 0.29) is 29.3 Å². The van der Waals surface area contributed by atoms with Crippen molar-refractivity contribution in [2.45, 2.75) is 83.8 Å². The zero-order chi connectivity index (χ0) is 31.5. The first-order valence-electron chi connectivity index (χ1n) is 14.4. The molecule has 0 bridgehead atoms. The first-order valence-corrected chi connectivity index (χ1v) is 14.4. The molecule has 2 atom stereocenters. The molecule has 0 heterocycles.